The molecule has 1 aromatic heterocycles. The molecule has 1 aliphatic rings. The lowest BCUT2D eigenvalue weighted by atomic mass is 9.86. The molecule has 1 saturated heterocycles. The summed E-state index contributed by atoms with van der Waals surface area (Å²) in [5.41, 5.74) is 2.37. The van der Waals surface area contributed by atoms with Gasteiger partial charge in [-0.25, -0.2) is 4.79 Å². The van der Waals surface area contributed by atoms with Crippen molar-refractivity contribution in [3.8, 4) is 11.5 Å². The van der Waals surface area contributed by atoms with Gasteiger partial charge in [0.1, 0.15) is 11.5 Å². The van der Waals surface area contributed by atoms with Gasteiger partial charge < -0.3 is 20.4 Å². The van der Waals surface area contributed by atoms with Crippen LogP contribution in [0.25, 0.3) is 6.08 Å². The Morgan fingerprint density at radius 3 is 2.32 bits per heavy atom. The number of hydrogen-bond donors (Lipinski definition) is 3. The topological polar surface area (TPSA) is 103 Å². The lowest BCUT2D eigenvalue weighted by Gasteiger charge is -2.33. The normalized spacial score (nSPS) is 17.5. The van der Waals surface area contributed by atoms with Crippen LogP contribution < -0.4 is 5.32 Å². The third kappa shape index (κ3) is 4.72. The second-order valence-electron chi connectivity index (χ2n) is 7.29. The first-order chi connectivity index (χ1) is 15.0. The lowest BCUT2D eigenvalue weighted by Crippen LogP contribution is -2.46. The van der Waals surface area contributed by atoms with Gasteiger partial charge in [0.25, 0.3) is 0 Å². The van der Waals surface area contributed by atoms with Crippen LogP contribution >= 0.6 is 0 Å². The van der Waals surface area contributed by atoms with Crippen LogP contribution in [0.1, 0.15) is 17.2 Å². The number of piperidine rings is 1. The molecule has 7 heteroatoms. The molecule has 1 unspecified atom stereocenters. The molecule has 1 aliphatic heterocycles. The third-order valence-corrected chi connectivity index (χ3v) is 5.11. The van der Waals surface area contributed by atoms with E-state index in [1.165, 1.54) is 24.3 Å². The van der Waals surface area contributed by atoms with Gasteiger partial charge in [-0.05, 0) is 60.2 Å². The number of urea groups is 1. The van der Waals surface area contributed by atoms with Gasteiger partial charge in [0.15, 0.2) is 5.78 Å². The number of nitrogens with one attached hydrogen (secondary N) is 1. The van der Waals surface area contributed by atoms with E-state index in [9.17, 15) is 19.8 Å². The van der Waals surface area contributed by atoms with E-state index in [2.05, 4.69) is 10.3 Å². The lowest BCUT2D eigenvalue weighted by molar-refractivity contribution is -0.118. The second-order valence-corrected chi connectivity index (χ2v) is 7.29. The minimum atomic E-state index is -0.560. The maximum atomic E-state index is 13.2. The van der Waals surface area contributed by atoms with E-state index < -0.39 is 5.92 Å². The summed E-state index contributed by atoms with van der Waals surface area (Å²) in [5, 5.41) is 21.8. The van der Waals surface area contributed by atoms with Crippen molar-refractivity contribution < 1.29 is 19.8 Å². The highest BCUT2D eigenvalue weighted by Crippen LogP contribution is 2.29. The minimum Gasteiger partial charge on any atom is -0.508 e. The number of likely N-dealkylation sites (tertiary alicyclic amines) is 1. The van der Waals surface area contributed by atoms with Crippen LogP contribution in [0.5, 0.6) is 11.5 Å². The molecule has 0 bridgehead atoms. The zero-order valence-electron chi connectivity index (χ0n) is 16.6. The Labute approximate surface area is 179 Å². The predicted molar refractivity (Wildman–Crippen MR) is 117 cm³/mol. The fraction of sp³-hybridized carbons (Fsp3) is 0.125. The van der Waals surface area contributed by atoms with E-state index in [4.69, 9.17) is 0 Å². The number of amides is 2. The van der Waals surface area contributed by atoms with Crippen molar-refractivity contribution in [1.29, 1.82) is 0 Å². The minimum absolute atomic E-state index is 0.0787. The van der Waals surface area contributed by atoms with Gasteiger partial charge in [0.05, 0.1) is 18.2 Å². The highest BCUT2D eigenvalue weighted by Gasteiger charge is 2.34. The van der Waals surface area contributed by atoms with Crippen molar-refractivity contribution in [3.63, 3.8) is 0 Å². The number of Topliss-reactive ketones (excluding diaryl/α,β-unsaturated/α-hetero) is 1. The predicted octanol–water partition coefficient (Wildman–Crippen LogP) is 3.78. The van der Waals surface area contributed by atoms with Gasteiger partial charge in [-0.1, -0.05) is 18.2 Å². The number of phenolic OH excluding ortho intramolecular Hbond substituents is 2. The van der Waals surface area contributed by atoms with Gasteiger partial charge in [-0.3, -0.25) is 9.78 Å². The van der Waals surface area contributed by atoms with Gasteiger partial charge >= 0.3 is 6.03 Å². The number of ketones is 1. The smallest absolute Gasteiger partial charge is 0.322 e. The van der Waals surface area contributed by atoms with Crippen LogP contribution in [-0.2, 0) is 4.79 Å². The highest BCUT2D eigenvalue weighted by atomic mass is 16.3. The van der Waals surface area contributed by atoms with E-state index in [-0.39, 0.29) is 36.4 Å². The Balaban J connectivity index is 1.64. The number of hydrogen-bond acceptors (Lipinski definition) is 5. The number of pyridine rings is 1. The first-order valence-electron chi connectivity index (χ1n) is 9.79. The maximum Gasteiger partial charge on any atom is 0.322 e. The molecule has 0 aliphatic carbocycles. The highest BCUT2D eigenvalue weighted by molar-refractivity contribution is 6.06. The van der Waals surface area contributed by atoms with Crippen molar-refractivity contribution in [3.05, 3.63) is 89.8 Å². The average Bonchev–Trinajstić information content (AvgIpc) is 2.78. The van der Waals surface area contributed by atoms with E-state index >= 15 is 0 Å². The van der Waals surface area contributed by atoms with Crippen molar-refractivity contribution in [2.24, 2.45) is 0 Å². The molecule has 2 aromatic carbocycles. The van der Waals surface area contributed by atoms with Gasteiger partial charge in [-0.15, -0.1) is 0 Å². The summed E-state index contributed by atoms with van der Waals surface area (Å²) < 4.78 is 0. The molecule has 2 heterocycles. The molecule has 156 valence electrons. The maximum absolute atomic E-state index is 13.2. The number of phenols is 2. The molecular weight excluding hydrogens is 394 g/mol. The molecule has 31 heavy (non-hydrogen) atoms. The Hall–Kier alpha value is -4.13. The molecule has 2 amide bonds. The molecule has 0 saturated carbocycles. The number of nitrogens with zero attached hydrogens (tertiary/aromatic N) is 2. The van der Waals surface area contributed by atoms with Crippen molar-refractivity contribution >= 4 is 23.6 Å². The third-order valence-electron chi connectivity index (χ3n) is 5.11. The standard InChI is InChI=1S/C24H21N3O4/c28-20-8-4-16(5-9-20)22-15-27(24(31)26-18-6-10-21(29)11-7-18)14-17(23(22)30)13-19-3-1-2-12-25-19/h1-13,22,28-29H,14-15H2,(H,26,31). The number of aromatic nitrogens is 1. The zero-order valence-corrected chi connectivity index (χ0v) is 16.6. The summed E-state index contributed by atoms with van der Waals surface area (Å²) >= 11 is 0. The van der Waals surface area contributed by atoms with Crippen LogP contribution in [0.2, 0.25) is 0 Å². The molecule has 0 radical (unpaired) electrons. The van der Waals surface area contributed by atoms with Gasteiger partial charge in [0, 0.05) is 24.0 Å². The molecule has 3 N–H and O–H groups in total. The van der Waals surface area contributed by atoms with Crippen molar-refractivity contribution in [2.45, 2.75) is 5.92 Å². The van der Waals surface area contributed by atoms with Crippen LogP contribution in [0.4, 0.5) is 10.5 Å². The summed E-state index contributed by atoms with van der Waals surface area (Å²) in [6.45, 7) is 0.348. The molecule has 1 fully saturated rings. The second kappa shape index (κ2) is 8.71. The fourth-order valence-electron chi connectivity index (χ4n) is 3.50. The van der Waals surface area contributed by atoms with E-state index in [0.29, 0.717) is 17.0 Å². The Morgan fingerprint density at radius 1 is 1.00 bits per heavy atom. The number of carbonyl (C=O) groups excluding carboxylic acids is 2. The Morgan fingerprint density at radius 2 is 1.68 bits per heavy atom. The van der Waals surface area contributed by atoms with Crippen LogP contribution in [0, 0.1) is 0 Å². The van der Waals surface area contributed by atoms with Crippen molar-refractivity contribution in [1.82, 2.24) is 9.88 Å². The summed E-state index contributed by atoms with van der Waals surface area (Å²) in [7, 11) is 0. The molecular formula is C24H21N3O4. The number of rotatable bonds is 3. The fourth-order valence-corrected chi connectivity index (χ4v) is 3.50. The number of anilines is 1. The van der Waals surface area contributed by atoms with Gasteiger partial charge in [0.2, 0.25) is 0 Å². The van der Waals surface area contributed by atoms with E-state index in [0.717, 1.165) is 5.56 Å². The molecule has 3 aromatic rings. The quantitative estimate of drug-likeness (QED) is 0.446. The molecule has 7 nitrogen and oxygen atoms in total. The first-order valence-corrected chi connectivity index (χ1v) is 9.79. The van der Waals surface area contributed by atoms with Crippen molar-refractivity contribution in [2.75, 3.05) is 18.4 Å². The summed E-state index contributed by atoms with van der Waals surface area (Å²) in [5.74, 6) is -0.423. The van der Waals surface area contributed by atoms with E-state index in [1.54, 1.807) is 53.6 Å². The largest absolute Gasteiger partial charge is 0.508 e. The number of benzene rings is 2. The van der Waals surface area contributed by atoms with Crippen LogP contribution in [0.15, 0.2) is 78.5 Å². The summed E-state index contributed by atoms with van der Waals surface area (Å²) in [6, 6.07) is 17.7. The van der Waals surface area contributed by atoms with E-state index in [1.807, 2.05) is 6.07 Å². The Kier molecular flexibility index (Phi) is 5.66. The molecule has 1 atom stereocenters. The molecule has 0 spiro atoms. The summed E-state index contributed by atoms with van der Waals surface area (Å²) in [4.78, 5) is 32.0. The van der Waals surface area contributed by atoms with Crippen LogP contribution in [0.3, 0.4) is 0 Å². The number of aromatic hydroxyl groups is 2. The molecule has 4 rings (SSSR count). The SMILES string of the molecule is O=C1C(=Cc2ccccn2)CN(C(=O)Nc2ccc(O)cc2)CC1c1ccc(O)cc1. The number of carbonyl (C=O) groups is 2. The zero-order chi connectivity index (χ0) is 21.8. The average molecular weight is 415 g/mol. The monoisotopic (exact) mass is 415 g/mol. The summed E-state index contributed by atoms with van der Waals surface area (Å²) in [6.07, 6.45) is 3.35. The Bertz CT molecular complexity index is 1110. The van der Waals surface area contributed by atoms with Gasteiger partial charge in [-0.2, -0.15) is 0 Å². The first kappa shape index (κ1) is 20.2. The van der Waals surface area contributed by atoms with Crippen LogP contribution in [-0.4, -0.2) is 45.0 Å².